The molecule has 1 aromatic carbocycles. The number of carboxylic acid groups (broad SMARTS) is 1. The Bertz CT molecular complexity index is 670. The van der Waals surface area contributed by atoms with Crippen LogP contribution in [0.5, 0.6) is 0 Å². The third kappa shape index (κ3) is 4.20. The standard InChI is InChI=1S/C13H11FN2O3S/c14-9-3-1-8(2-4-9)7-20-13-15-10(6-12(18)19)5-11(17)16-13/h1-5H,6-7H2,(H,18,19)(H,15,16,17). The number of hydrogen-bond donors (Lipinski definition) is 2. The summed E-state index contributed by atoms with van der Waals surface area (Å²) in [6.45, 7) is 0. The van der Waals surface area contributed by atoms with Crippen LogP contribution in [0.3, 0.4) is 0 Å². The molecule has 2 rings (SSSR count). The third-order valence-electron chi connectivity index (χ3n) is 2.39. The minimum absolute atomic E-state index is 0.211. The number of carbonyl (C=O) groups is 1. The Balaban J connectivity index is 2.09. The molecule has 1 aromatic heterocycles. The Morgan fingerprint density at radius 1 is 1.35 bits per heavy atom. The molecule has 0 atom stereocenters. The second kappa shape index (κ2) is 6.33. The number of nitrogens with zero attached hydrogens (tertiary/aromatic N) is 1. The van der Waals surface area contributed by atoms with E-state index in [9.17, 15) is 14.0 Å². The molecule has 0 saturated carbocycles. The van der Waals surface area contributed by atoms with Crippen LogP contribution >= 0.6 is 11.8 Å². The molecule has 0 saturated heterocycles. The first-order valence-electron chi connectivity index (χ1n) is 5.72. The van der Waals surface area contributed by atoms with Crippen LogP contribution in [0.2, 0.25) is 0 Å². The fraction of sp³-hybridized carbons (Fsp3) is 0.154. The first-order valence-corrected chi connectivity index (χ1v) is 6.71. The van der Waals surface area contributed by atoms with Crippen LogP contribution in [0.1, 0.15) is 11.3 Å². The van der Waals surface area contributed by atoms with Gasteiger partial charge in [0, 0.05) is 11.8 Å². The number of halogens is 1. The Kier molecular flexibility index (Phi) is 4.52. The Labute approximate surface area is 117 Å². The SMILES string of the molecule is O=C(O)Cc1cc(=O)[nH]c(SCc2ccc(F)cc2)n1. The average molecular weight is 294 g/mol. The number of carboxylic acids is 1. The highest BCUT2D eigenvalue weighted by atomic mass is 32.2. The summed E-state index contributed by atoms with van der Waals surface area (Å²) in [6.07, 6.45) is -0.298. The topological polar surface area (TPSA) is 83.0 Å². The van der Waals surface area contributed by atoms with Crippen molar-refractivity contribution >= 4 is 17.7 Å². The molecule has 20 heavy (non-hydrogen) atoms. The lowest BCUT2D eigenvalue weighted by Crippen LogP contribution is -2.12. The second-order valence-corrected chi connectivity index (χ2v) is 4.99. The van der Waals surface area contributed by atoms with E-state index in [0.29, 0.717) is 10.9 Å². The molecule has 0 amide bonds. The van der Waals surface area contributed by atoms with E-state index in [-0.39, 0.29) is 17.9 Å². The van der Waals surface area contributed by atoms with Crippen molar-refractivity contribution in [3.05, 3.63) is 57.8 Å². The lowest BCUT2D eigenvalue weighted by molar-refractivity contribution is -0.136. The molecule has 0 bridgehead atoms. The third-order valence-corrected chi connectivity index (χ3v) is 3.34. The van der Waals surface area contributed by atoms with Crippen molar-refractivity contribution in [1.29, 1.82) is 0 Å². The van der Waals surface area contributed by atoms with Gasteiger partial charge < -0.3 is 10.1 Å². The van der Waals surface area contributed by atoms with Crippen molar-refractivity contribution < 1.29 is 14.3 Å². The Hall–Kier alpha value is -2.15. The maximum absolute atomic E-state index is 12.8. The fourth-order valence-electron chi connectivity index (χ4n) is 1.53. The lowest BCUT2D eigenvalue weighted by atomic mass is 10.2. The van der Waals surface area contributed by atoms with Crippen LogP contribution in [0.4, 0.5) is 4.39 Å². The van der Waals surface area contributed by atoms with Crippen LogP contribution in [0.15, 0.2) is 40.3 Å². The van der Waals surface area contributed by atoms with Gasteiger partial charge in [0.15, 0.2) is 5.16 Å². The Morgan fingerprint density at radius 2 is 2.05 bits per heavy atom. The van der Waals surface area contributed by atoms with E-state index in [4.69, 9.17) is 5.11 Å². The van der Waals surface area contributed by atoms with Crippen LogP contribution in [0, 0.1) is 5.82 Å². The number of nitrogens with one attached hydrogen (secondary N) is 1. The average Bonchev–Trinajstić information content (AvgIpc) is 2.36. The zero-order chi connectivity index (χ0) is 14.5. The maximum Gasteiger partial charge on any atom is 0.309 e. The minimum Gasteiger partial charge on any atom is -0.481 e. The molecule has 0 spiro atoms. The number of aliphatic carboxylic acids is 1. The van der Waals surface area contributed by atoms with Gasteiger partial charge in [-0.2, -0.15) is 0 Å². The number of benzene rings is 1. The normalized spacial score (nSPS) is 10.4. The molecular formula is C13H11FN2O3S. The molecule has 5 nitrogen and oxygen atoms in total. The summed E-state index contributed by atoms with van der Waals surface area (Å²) in [5, 5.41) is 9.03. The summed E-state index contributed by atoms with van der Waals surface area (Å²) in [5.74, 6) is -0.856. The van der Waals surface area contributed by atoms with E-state index in [1.807, 2.05) is 0 Å². The van der Waals surface area contributed by atoms with E-state index in [1.54, 1.807) is 12.1 Å². The predicted molar refractivity (Wildman–Crippen MR) is 72.2 cm³/mol. The molecule has 0 aliphatic rings. The summed E-state index contributed by atoms with van der Waals surface area (Å²) < 4.78 is 12.8. The first-order chi connectivity index (χ1) is 9.52. The largest absolute Gasteiger partial charge is 0.481 e. The summed E-state index contributed by atoms with van der Waals surface area (Å²) >= 11 is 1.25. The molecule has 2 N–H and O–H groups in total. The number of rotatable bonds is 5. The van der Waals surface area contributed by atoms with Gasteiger partial charge in [0.25, 0.3) is 5.56 Å². The van der Waals surface area contributed by atoms with Gasteiger partial charge in [-0.3, -0.25) is 9.59 Å². The number of aromatic amines is 1. The van der Waals surface area contributed by atoms with Gasteiger partial charge in [-0.15, -0.1) is 0 Å². The summed E-state index contributed by atoms with van der Waals surface area (Å²) in [5.41, 5.74) is 0.698. The molecule has 0 aliphatic heterocycles. The van der Waals surface area contributed by atoms with E-state index in [1.165, 1.54) is 23.9 Å². The quantitative estimate of drug-likeness (QED) is 0.649. The van der Waals surface area contributed by atoms with Crippen LogP contribution in [0.25, 0.3) is 0 Å². The highest BCUT2D eigenvalue weighted by Crippen LogP contribution is 2.18. The van der Waals surface area contributed by atoms with Gasteiger partial charge >= 0.3 is 5.97 Å². The smallest absolute Gasteiger partial charge is 0.309 e. The highest BCUT2D eigenvalue weighted by Gasteiger charge is 2.06. The van der Waals surface area contributed by atoms with Crippen molar-refractivity contribution in [2.45, 2.75) is 17.3 Å². The van der Waals surface area contributed by atoms with Crippen molar-refractivity contribution in [3.8, 4) is 0 Å². The maximum atomic E-state index is 12.8. The zero-order valence-corrected chi connectivity index (χ0v) is 11.1. The summed E-state index contributed by atoms with van der Waals surface area (Å²) in [4.78, 5) is 28.6. The Morgan fingerprint density at radius 3 is 2.70 bits per heavy atom. The van der Waals surface area contributed by atoms with Gasteiger partial charge in [-0.1, -0.05) is 23.9 Å². The predicted octanol–water partition coefficient (Wildman–Crippen LogP) is 1.83. The molecule has 0 aliphatic carbocycles. The molecular weight excluding hydrogens is 283 g/mol. The van der Waals surface area contributed by atoms with Gasteiger partial charge in [-0.25, -0.2) is 9.37 Å². The van der Waals surface area contributed by atoms with Crippen molar-refractivity contribution in [2.24, 2.45) is 0 Å². The molecule has 104 valence electrons. The molecule has 0 unspecified atom stereocenters. The van der Waals surface area contributed by atoms with Gasteiger partial charge in [0.05, 0.1) is 12.1 Å². The molecule has 0 fully saturated rings. The fourth-order valence-corrected chi connectivity index (χ4v) is 2.38. The van der Waals surface area contributed by atoms with Crippen molar-refractivity contribution in [3.63, 3.8) is 0 Å². The van der Waals surface area contributed by atoms with Crippen LogP contribution in [-0.2, 0) is 17.0 Å². The number of H-pyrrole nitrogens is 1. The van der Waals surface area contributed by atoms with Gasteiger partial charge in [0.2, 0.25) is 0 Å². The molecule has 1 heterocycles. The second-order valence-electron chi connectivity index (χ2n) is 4.03. The summed E-state index contributed by atoms with van der Waals surface area (Å²) in [7, 11) is 0. The van der Waals surface area contributed by atoms with Crippen LogP contribution < -0.4 is 5.56 Å². The van der Waals surface area contributed by atoms with Gasteiger partial charge in [0.1, 0.15) is 5.82 Å². The molecule has 7 heteroatoms. The van der Waals surface area contributed by atoms with E-state index in [0.717, 1.165) is 11.6 Å². The number of aromatic nitrogens is 2. The lowest BCUT2D eigenvalue weighted by Gasteiger charge is -2.03. The van der Waals surface area contributed by atoms with Crippen molar-refractivity contribution in [2.75, 3.05) is 0 Å². The molecule has 0 radical (unpaired) electrons. The zero-order valence-electron chi connectivity index (χ0n) is 10.3. The minimum atomic E-state index is -1.04. The van der Waals surface area contributed by atoms with E-state index < -0.39 is 11.5 Å². The van der Waals surface area contributed by atoms with Crippen LogP contribution in [-0.4, -0.2) is 21.0 Å². The number of hydrogen-bond acceptors (Lipinski definition) is 4. The van der Waals surface area contributed by atoms with E-state index >= 15 is 0 Å². The van der Waals surface area contributed by atoms with Crippen molar-refractivity contribution in [1.82, 2.24) is 9.97 Å². The summed E-state index contributed by atoms with van der Waals surface area (Å²) in [6, 6.07) is 7.15. The molecule has 2 aromatic rings. The number of thioether (sulfide) groups is 1. The van der Waals surface area contributed by atoms with E-state index in [2.05, 4.69) is 9.97 Å². The monoisotopic (exact) mass is 294 g/mol. The van der Waals surface area contributed by atoms with Gasteiger partial charge in [-0.05, 0) is 17.7 Å². The first kappa shape index (κ1) is 14.3. The highest BCUT2D eigenvalue weighted by molar-refractivity contribution is 7.98.